The maximum atomic E-state index is 8.61. The summed E-state index contributed by atoms with van der Waals surface area (Å²) in [4.78, 5) is 0. The van der Waals surface area contributed by atoms with E-state index in [4.69, 9.17) is 5.11 Å². The van der Waals surface area contributed by atoms with E-state index in [0.717, 1.165) is 25.9 Å². The third kappa shape index (κ3) is 5.30. The largest absolute Gasteiger partial charge is 0.396 e. The first-order valence-corrected chi connectivity index (χ1v) is 6.62. The number of aryl methyl sites for hydroxylation is 1. The van der Waals surface area contributed by atoms with Crippen molar-refractivity contribution in [3.63, 3.8) is 0 Å². The molecule has 1 aromatic rings. The molecule has 0 aliphatic carbocycles. The Hall–Kier alpha value is -0.380. The predicted octanol–water partition coefficient (Wildman–Crippen LogP) is 2.70. The van der Waals surface area contributed by atoms with Crippen molar-refractivity contribution in [3.8, 4) is 0 Å². The molecule has 0 saturated carbocycles. The molecule has 0 spiro atoms. The van der Waals surface area contributed by atoms with Crippen molar-refractivity contribution in [3.05, 3.63) is 21.9 Å². The Labute approximate surface area is 96.3 Å². The van der Waals surface area contributed by atoms with Crippen LogP contribution in [0.1, 0.15) is 36.8 Å². The average molecular weight is 227 g/mol. The molecule has 0 aromatic carbocycles. The maximum Gasteiger partial charge on any atom is 0.0431 e. The summed E-state index contributed by atoms with van der Waals surface area (Å²) in [5, 5.41) is 16.5. The van der Waals surface area contributed by atoms with E-state index < -0.39 is 0 Å². The van der Waals surface area contributed by atoms with E-state index in [2.05, 4.69) is 23.0 Å². The van der Waals surface area contributed by atoms with E-state index in [1.54, 1.807) is 11.3 Å². The van der Waals surface area contributed by atoms with Gasteiger partial charge in [0, 0.05) is 13.2 Å². The fourth-order valence-electron chi connectivity index (χ4n) is 1.51. The lowest BCUT2D eigenvalue weighted by atomic mass is 10.2. The predicted molar refractivity (Wildman–Crippen MR) is 66.3 cm³/mol. The van der Waals surface area contributed by atoms with Crippen LogP contribution >= 0.6 is 11.3 Å². The summed E-state index contributed by atoms with van der Waals surface area (Å²) in [5.41, 5.74) is 2.82. The molecule has 0 aliphatic heterocycles. The topological polar surface area (TPSA) is 32.3 Å². The molecule has 0 radical (unpaired) electrons. The van der Waals surface area contributed by atoms with Crippen LogP contribution in [0.3, 0.4) is 0 Å². The lowest BCUT2D eigenvalue weighted by molar-refractivity contribution is 0.282. The van der Waals surface area contributed by atoms with Gasteiger partial charge < -0.3 is 10.4 Å². The smallest absolute Gasteiger partial charge is 0.0431 e. The highest BCUT2D eigenvalue weighted by atomic mass is 32.1. The van der Waals surface area contributed by atoms with Gasteiger partial charge in [0.15, 0.2) is 0 Å². The molecule has 2 N–H and O–H groups in total. The molecule has 0 aliphatic rings. The molecule has 0 fully saturated rings. The van der Waals surface area contributed by atoms with Crippen molar-refractivity contribution in [2.24, 2.45) is 0 Å². The van der Waals surface area contributed by atoms with Crippen LogP contribution in [0.2, 0.25) is 0 Å². The van der Waals surface area contributed by atoms with Gasteiger partial charge in [-0.1, -0.05) is 12.8 Å². The normalized spacial score (nSPS) is 10.8. The lowest BCUT2D eigenvalue weighted by Crippen LogP contribution is -2.14. The second-order valence-electron chi connectivity index (χ2n) is 3.89. The van der Waals surface area contributed by atoms with Gasteiger partial charge in [-0.2, -0.15) is 11.3 Å². The summed E-state index contributed by atoms with van der Waals surface area (Å²) in [5.74, 6) is 0. The van der Waals surface area contributed by atoms with Crippen molar-refractivity contribution in [2.45, 2.75) is 39.2 Å². The molecule has 15 heavy (non-hydrogen) atoms. The van der Waals surface area contributed by atoms with Gasteiger partial charge in [0.2, 0.25) is 0 Å². The molecule has 0 saturated heterocycles. The number of thiophene rings is 1. The number of rotatable bonds is 8. The minimum atomic E-state index is 0.335. The summed E-state index contributed by atoms with van der Waals surface area (Å²) >= 11 is 1.77. The molecule has 0 bridgehead atoms. The molecule has 0 unspecified atom stereocenters. The average Bonchev–Trinajstić information content (AvgIpc) is 2.63. The van der Waals surface area contributed by atoms with Gasteiger partial charge in [0.1, 0.15) is 0 Å². The fourth-order valence-corrected chi connectivity index (χ4v) is 2.36. The van der Waals surface area contributed by atoms with Crippen LogP contribution in [0.25, 0.3) is 0 Å². The third-order valence-electron chi connectivity index (χ3n) is 2.54. The van der Waals surface area contributed by atoms with Crippen molar-refractivity contribution in [1.82, 2.24) is 5.32 Å². The molecule has 1 rings (SSSR count). The SMILES string of the molecule is Cc1cscc1CNCCCCCCO. The summed E-state index contributed by atoms with van der Waals surface area (Å²) < 4.78 is 0. The number of hydrogen-bond donors (Lipinski definition) is 2. The minimum Gasteiger partial charge on any atom is -0.396 e. The Morgan fingerprint density at radius 1 is 1.20 bits per heavy atom. The first-order chi connectivity index (χ1) is 7.34. The molecule has 2 nitrogen and oxygen atoms in total. The Morgan fingerprint density at radius 3 is 2.67 bits per heavy atom. The Bertz CT molecular complexity index is 260. The molecular weight excluding hydrogens is 206 g/mol. The van der Waals surface area contributed by atoms with Gasteiger partial charge in [-0.15, -0.1) is 0 Å². The molecular formula is C12H21NOS. The second-order valence-corrected chi connectivity index (χ2v) is 4.64. The highest BCUT2D eigenvalue weighted by molar-refractivity contribution is 7.08. The number of aliphatic hydroxyl groups excluding tert-OH is 1. The molecule has 0 atom stereocenters. The van der Waals surface area contributed by atoms with Crippen LogP contribution in [0, 0.1) is 6.92 Å². The van der Waals surface area contributed by atoms with Crippen molar-refractivity contribution in [2.75, 3.05) is 13.2 Å². The monoisotopic (exact) mass is 227 g/mol. The van der Waals surface area contributed by atoms with Crippen LogP contribution in [0.15, 0.2) is 10.8 Å². The van der Waals surface area contributed by atoms with Gasteiger partial charge >= 0.3 is 0 Å². The third-order valence-corrected chi connectivity index (χ3v) is 3.45. The van der Waals surface area contributed by atoms with E-state index in [-0.39, 0.29) is 0 Å². The Kier molecular flexibility index (Phi) is 6.64. The minimum absolute atomic E-state index is 0.335. The number of hydrogen-bond acceptors (Lipinski definition) is 3. The van der Waals surface area contributed by atoms with E-state index >= 15 is 0 Å². The van der Waals surface area contributed by atoms with Gasteiger partial charge in [0.25, 0.3) is 0 Å². The highest BCUT2D eigenvalue weighted by Crippen LogP contribution is 2.12. The molecule has 3 heteroatoms. The zero-order valence-corrected chi connectivity index (χ0v) is 10.3. The summed E-state index contributed by atoms with van der Waals surface area (Å²) in [6.45, 7) is 4.58. The number of aliphatic hydroxyl groups is 1. The maximum absolute atomic E-state index is 8.61. The van der Waals surface area contributed by atoms with E-state index in [1.807, 2.05) is 0 Å². The molecule has 1 aromatic heterocycles. The first kappa shape index (κ1) is 12.7. The quantitative estimate of drug-likeness (QED) is 0.669. The van der Waals surface area contributed by atoms with E-state index in [1.165, 1.54) is 24.0 Å². The summed E-state index contributed by atoms with van der Waals surface area (Å²) in [6, 6.07) is 0. The number of nitrogens with one attached hydrogen (secondary N) is 1. The summed E-state index contributed by atoms with van der Waals surface area (Å²) in [6.07, 6.45) is 4.53. The van der Waals surface area contributed by atoms with E-state index in [0.29, 0.717) is 6.61 Å². The van der Waals surface area contributed by atoms with Crippen LogP contribution in [-0.2, 0) is 6.54 Å². The second kappa shape index (κ2) is 7.85. The van der Waals surface area contributed by atoms with Crippen molar-refractivity contribution >= 4 is 11.3 Å². The molecule has 0 amide bonds. The van der Waals surface area contributed by atoms with Crippen LogP contribution in [0.5, 0.6) is 0 Å². The van der Waals surface area contributed by atoms with Crippen molar-refractivity contribution in [1.29, 1.82) is 0 Å². The molecule has 1 heterocycles. The van der Waals surface area contributed by atoms with E-state index in [9.17, 15) is 0 Å². The van der Waals surface area contributed by atoms with Gasteiger partial charge in [-0.3, -0.25) is 0 Å². The summed E-state index contributed by atoms with van der Waals surface area (Å²) in [7, 11) is 0. The van der Waals surface area contributed by atoms with Crippen LogP contribution < -0.4 is 5.32 Å². The Balaban J connectivity index is 1.96. The zero-order valence-electron chi connectivity index (χ0n) is 9.46. The van der Waals surface area contributed by atoms with Crippen LogP contribution in [0.4, 0.5) is 0 Å². The number of unbranched alkanes of at least 4 members (excludes halogenated alkanes) is 3. The lowest BCUT2D eigenvalue weighted by Gasteiger charge is -2.04. The van der Waals surface area contributed by atoms with Gasteiger partial charge in [-0.25, -0.2) is 0 Å². The first-order valence-electron chi connectivity index (χ1n) is 5.68. The van der Waals surface area contributed by atoms with Crippen LogP contribution in [-0.4, -0.2) is 18.3 Å². The van der Waals surface area contributed by atoms with Gasteiger partial charge in [-0.05, 0) is 48.2 Å². The zero-order chi connectivity index (χ0) is 10.9. The Morgan fingerprint density at radius 2 is 2.00 bits per heavy atom. The molecule has 86 valence electrons. The van der Waals surface area contributed by atoms with Crippen molar-refractivity contribution < 1.29 is 5.11 Å². The highest BCUT2D eigenvalue weighted by Gasteiger charge is 1.97. The standard InChI is InChI=1S/C12H21NOS/c1-11-9-15-10-12(11)8-13-6-4-2-3-5-7-14/h9-10,13-14H,2-8H2,1H3. The fraction of sp³-hybridized carbons (Fsp3) is 0.667. The van der Waals surface area contributed by atoms with Gasteiger partial charge in [0.05, 0.1) is 0 Å².